The molecule has 0 N–H and O–H groups in total. The molecule has 84 valence electrons. The van der Waals surface area contributed by atoms with Gasteiger partial charge in [0.25, 0.3) is 0 Å². The number of hydrogen-bond acceptors (Lipinski definition) is 1. The van der Waals surface area contributed by atoms with Gasteiger partial charge < -0.3 is 4.74 Å². The Bertz CT molecular complexity index is 327. The molecular formula is C14H22O. The molecule has 1 heteroatoms. The van der Waals surface area contributed by atoms with Crippen LogP contribution in [0.1, 0.15) is 59.8 Å². The van der Waals surface area contributed by atoms with Crippen molar-refractivity contribution >= 4 is 0 Å². The van der Waals surface area contributed by atoms with E-state index in [0.29, 0.717) is 0 Å². The molecule has 1 saturated carbocycles. The minimum Gasteiger partial charge on any atom is -0.487 e. The van der Waals surface area contributed by atoms with Gasteiger partial charge in [0, 0.05) is 0 Å². The Kier molecular flexibility index (Phi) is 2.66. The standard InChI is InChI=1S/C14H22O/c1-10-11(2)13(4)15-14(12(10)3)8-6-5-7-9-14/h5-9H2,1-4H3. The van der Waals surface area contributed by atoms with Crippen LogP contribution in [-0.2, 0) is 4.74 Å². The summed E-state index contributed by atoms with van der Waals surface area (Å²) in [6, 6.07) is 0. The van der Waals surface area contributed by atoms with Crippen molar-refractivity contribution in [2.24, 2.45) is 0 Å². The van der Waals surface area contributed by atoms with Crippen molar-refractivity contribution in [1.82, 2.24) is 0 Å². The first kappa shape index (κ1) is 10.8. The fourth-order valence-corrected chi connectivity index (χ4v) is 2.93. The smallest absolute Gasteiger partial charge is 0.130 e. The number of hydrogen-bond donors (Lipinski definition) is 0. The Labute approximate surface area is 93.2 Å². The van der Waals surface area contributed by atoms with Gasteiger partial charge in [-0.25, -0.2) is 0 Å². The van der Waals surface area contributed by atoms with Crippen molar-refractivity contribution in [3.8, 4) is 0 Å². The summed E-state index contributed by atoms with van der Waals surface area (Å²) in [5.74, 6) is 1.14. The Balaban J connectivity index is 2.38. The van der Waals surface area contributed by atoms with Crippen molar-refractivity contribution < 1.29 is 4.74 Å². The molecule has 0 aromatic rings. The summed E-state index contributed by atoms with van der Waals surface area (Å²) in [4.78, 5) is 0. The van der Waals surface area contributed by atoms with Gasteiger partial charge in [0.1, 0.15) is 5.60 Å². The summed E-state index contributed by atoms with van der Waals surface area (Å²) in [6.45, 7) is 8.79. The third-order valence-electron chi connectivity index (χ3n) is 4.35. The van der Waals surface area contributed by atoms with Crippen LogP contribution in [0.4, 0.5) is 0 Å². The lowest BCUT2D eigenvalue weighted by atomic mass is 9.76. The molecule has 1 fully saturated rings. The minimum absolute atomic E-state index is 0.0614. The van der Waals surface area contributed by atoms with E-state index >= 15 is 0 Å². The summed E-state index contributed by atoms with van der Waals surface area (Å²) in [7, 11) is 0. The van der Waals surface area contributed by atoms with E-state index in [1.807, 2.05) is 0 Å². The average Bonchev–Trinajstić information content (AvgIpc) is 2.25. The van der Waals surface area contributed by atoms with Crippen LogP contribution in [0.5, 0.6) is 0 Å². The SMILES string of the molecule is CC1=C(C)C(C)=C(C)C2(CCCCC2)O1. The minimum atomic E-state index is 0.0614. The second kappa shape index (κ2) is 3.70. The molecule has 1 spiro atoms. The van der Waals surface area contributed by atoms with Crippen LogP contribution in [0.25, 0.3) is 0 Å². The Morgan fingerprint density at radius 2 is 1.47 bits per heavy atom. The topological polar surface area (TPSA) is 9.23 Å². The first-order valence-electron chi connectivity index (χ1n) is 6.12. The summed E-state index contributed by atoms with van der Waals surface area (Å²) < 4.78 is 6.23. The fraction of sp³-hybridized carbons (Fsp3) is 0.714. The molecule has 2 aliphatic rings. The van der Waals surface area contributed by atoms with E-state index in [0.717, 1.165) is 5.76 Å². The van der Waals surface area contributed by atoms with E-state index in [-0.39, 0.29) is 5.60 Å². The van der Waals surface area contributed by atoms with E-state index < -0.39 is 0 Å². The molecular weight excluding hydrogens is 184 g/mol. The van der Waals surface area contributed by atoms with Crippen LogP contribution in [0, 0.1) is 0 Å². The highest BCUT2D eigenvalue weighted by atomic mass is 16.5. The molecule has 15 heavy (non-hydrogen) atoms. The van der Waals surface area contributed by atoms with Gasteiger partial charge in [-0.15, -0.1) is 0 Å². The van der Waals surface area contributed by atoms with Gasteiger partial charge in [-0.05, 0) is 70.1 Å². The van der Waals surface area contributed by atoms with Crippen molar-refractivity contribution in [3.05, 3.63) is 22.5 Å². The van der Waals surface area contributed by atoms with Crippen LogP contribution in [0.2, 0.25) is 0 Å². The maximum Gasteiger partial charge on any atom is 0.130 e. The molecule has 1 aliphatic heterocycles. The van der Waals surface area contributed by atoms with Crippen molar-refractivity contribution in [1.29, 1.82) is 0 Å². The monoisotopic (exact) mass is 206 g/mol. The molecule has 0 bridgehead atoms. The van der Waals surface area contributed by atoms with Crippen molar-refractivity contribution in [3.63, 3.8) is 0 Å². The zero-order chi connectivity index (χ0) is 11.1. The van der Waals surface area contributed by atoms with Gasteiger partial charge in [-0.3, -0.25) is 0 Å². The molecule has 0 amide bonds. The van der Waals surface area contributed by atoms with Crippen molar-refractivity contribution in [2.75, 3.05) is 0 Å². The molecule has 0 aromatic carbocycles. The molecule has 1 nitrogen and oxygen atoms in total. The largest absolute Gasteiger partial charge is 0.487 e. The molecule has 1 aliphatic carbocycles. The van der Waals surface area contributed by atoms with Crippen LogP contribution >= 0.6 is 0 Å². The van der Waals surface area contributed by atoms with Gasteiger partial charge in [0.05, 0.1) is 5.76 Å². The van der Waals surface area contributed by atoms with E-state index in [4.69, 9.17) is 4.74 Å². The molecule has 0 atom stereocenters. The summed E-state index contributed by atoms with van der Waals surface area (Å²) in [5.41, 5.74) is 4.33. The predicted octanol–water partition coefficient (Wildman–Crippen LogP) is 4.35. The molecule has 0 aromatic heterocycles. The second-order valence-electron chi connectivity index (χ2n) is 5.09. The molecule has 1 heterocycles. The third-order valence-corrected chi connectivity index (χ3v) is 4.35. The maximum atomic E-state index is 6.23. The average molecular weight is 206 g/mol. The van der Waals surface area contributed by atoms with Crippen LogP contribution in [0.3, 0.4) is 0 Å². The van der Waals surface area contributed by atoms with E-state index in [1.165, 1.54) is 48.8 Å². The summed E-state index contributed by atoms with van der Waals surface area (Å²) in [5, 5.41) is 0. The summed E-state index contributed by atoms with van der Waals surface area (Å²) in [6.07, 6.45) is 6.43. The third kappa shape index (κ3) is 1.62. The molecule has 0 saturated heterocycles. The Hall–Kier alpha value is -0.720. The van der Waals surface area contributed by atoms with Gasteiger partial charge >= 0.3 is 0 Å². The first-order valence-corrected chi connectivity index (χ1v) is 6.12. The Morgan fingerprint density at radius 1 is 0.867 bits per heavy atom. The normalized spacial score (nSPS) is 25.9. The maximum absolute atomic E-state index is 6.23. The first-order chi connectivity index (χ1) is 7.07. The van der Waals surface area contributed by atoms with Gasteiger partial charge in [-0.2, -0.15) is 0 Å². The van der Waals surface area contributed by atoms with Crippen LogP contribution in [0.15, 0.2) is 22.5 Å². The quantitative estimate of drug-likeness (QED) is 0.572. The lowest BCUT2D eigenvalue weighted by molar-refractivity contribution is -0.00260. The zero-order valence-electron chi connectivity index (χ0n) is 10.4. The van der Waals surface area contributed by atoms with Gasteiger partial charge in [0.15, 0.2) is 0 Å². The molecule has 2 rings (SSSR count). The highest BCUT2D eigenvalue weighted by Gasteiger charge is 2.39. The second-order valence-corrected chi connectivity index (χ2v) is 5.09. The number of ether oxygens (including phenoxy) is 1. The molecule has 0 radical (unpaired) electrons. The van der Waals surface area contributed by atoms with Gasteiger partial charge in [-0.1, -0.05) is 6.42 Å². The van der Waals surface area contributed by atoms with Crippen molar-refractivity contribution in [2.45, 2.75) is 65.4 Å². The van der Waals surface area contributed by atoms with E-state index in [9.17, 15) is 0 Å². The fourth-order valence-electron chi connectivity index (χ4n) is 2.93. The van der Waals surface area contributed by atoms with E-state index in [2.05, 4.69) is 27.7 Å². The lowest BCUT2D eigenvalue weighted by Crippen LogP contribution is -2.38. The highest BCUT2D eigenvalue weighted by Crippen LogP contribution is 2.44. The van der Waals surface area contributed by atoms with Crippen LogP contribution < -0.4 is 0 Å². The van der Waals surface area contributed by atoms with Crippen LogP contribution in [-0.4, -0.2) is 5.60 Å². The van der Waals surface area contributed by atoms with E-state index in [1.54, 1.807) is 0 Å². The lowest BCUT2D eigenvalue weighted by Gasteiger charge is -2.43. The predicted molar refractivity (Wildman–Crippen MR) is 63.6 cm³/mol. The number of rotatable bonds is 0. The highest BCUT2D eigenvalue weighted by molar-refractivity contribution is 5.41. The Morgan fingerprint density at radius 3 is 2.07 bits per heavy atom. The zero-order valence-corrected chi connectivity index (χ0v) is 10.4. The molecule has 0 unspecified atom stereocenters. The number of allylic oxidation sites excluding steroid dienone is 3. The van der Waals surface area contributed by atoms with Gasteiger partial charge in [0.2, 0.25) is 0 Å². The summed E-state index contributed by atoms with van der Waals surface area (Å²) >= 11 is 0.